The Morgan fingerprint density at radius 3 is 2.22 bits per heavy atom. The van der Waals surface area contributed by atoms with Gasteiger partial charge in [0.05, 0.1) is 12.1 Å². The van der Waals surface area contributed by atoms with Gasteiger partial charge < -0.3 is 52.5 Å². The summed E-state index contributed by atoms with van der Waals surface area (Å²) in [6, 6.07) is -2.16. The van der Waals surface area contributed by atoms with Gasteiger partial charge >= 0.3 is 0 Å². The Kier molecular flexibility index (Phi) is 6.30. The molecule has 1 heterocycles. The van der Waals surface area contributed by atoms with Crippen molar-refractivity contribution in [2.24, 2.45) is 22.9 Å². The van der Waals surface area contributed by atoms with Gasteiger partial charge in [-0.25, -0.2) is 0 Å². The van der Waals surface area contributed by atoms with Gasteiger partial charge in [-0.05, 0) is 6.42 Å². The fourth-order valence-electron chi connectivity index (χ4n) is 3.17. The van der Waals surface area contributed by atoms with E-state index < -0.39 is 61.0 Å². The lowest BCUT2D eigenvalue weighted by molar-refractivity contribution is -0.290. The van der Waals surface area contributed by atoms with Crippen LogP contribution in [0.15, 0.2) is 0 Å². The second kappa shape index (κ2) is 7.66. The molecule has 0 radical (unpaired) electrons. The van der Waals surface area contributed by atoms with Gasteiger partial charge in [0.15, 0.2) is 6.29 Å². The number of aliphatic hydroxyl groups is 3. The van der Waals surface area contributed by atoms with E-state index in [0.717, 1.165) is 0 Å². The van der Waals surface area contributed by atoms with Gasteiger partial charge in [-0.1, -0.05) is 0 Å². The number of aliphatic hydroxyl groups excluding tert-OH is 3. The zero-order valence-electron chi connectivity index (χ0n) is 13.1. The van der Waals surface area contributed by atoms with Crippen LogP contribution in [0, 0.1) is 0 Å². The lowest BCUT2D eigenvalue weighted by Crippen LogP contribution is -2.67. The highest BCUT2D eigenvalue weighted by molar-refractivity contribution is 4.99. The number of methoxy groups -OCH3 is 1. The van der Waals surface area contributed by atoms with Gasteiger partial charge in [0.2, 0.25) is 0 Å². The largest absolute Gasteiger partial charge is 0.389 e. The second-order valence-electron chi connectivity index (χ2n) is 6.19. The molecule has 0 aromatic rings. The van der Waals surface area contributed by atoms with E-state index in [-0.39, 0.29) is 13.0 Å². The van der Waals surface area contributed by atoms with Gasteiger partial charge in [0, 0.05) is 25.7 Å². The molecule has 2 fully saturated rings. The Hall–Kier alpha value is -0.400. The molecule has 2 aliphatic rings. The molecule has 0 aromatic heterocycles. The minimum atomic E-state index is -1.28. The molecule has 1 aliphatic carbocycles. The Bertz CT molecular complexity index is 389. The van der Waals surface area contributed by atoms with E-state index in [1.165, 1.54) is 7.11 Å². The molecule has 10 atom stereocenters. The van der Waals surface area contributed by atoms with Gasteiger partial charge in [-0.2, -0.15) is 0 Å². The fourth-order valence-corrected chi connectivity index (χ4v) is 3.17. The van der Waals surface area contributed by atoms with Crippen molar-refractivity contribution in [3.63, 3.8) is 0 Å². The Balaban J connectivity index is 2.09. The smallest absolute Gasteiger partial charge is 0.176 e. The zero-order chi connectivity index (χ0) is 17.3. The topological polar surface area (TPSA) is 192 Å². The quantitative estimate of drug-likeness (QED) is 0.263. The van der Waals surface area contributed by atoms with E-state index in [2.05, 4.69) is 0 Å². The number of hydrogen-bond donors (Lipinski definition) is 7. The van der Waals surface area contributed by atoms with Crippen LogP contribution in [0.5, 0.6) is 0 Å². The SMILES string of the molecule is COC1C(CN)OC(OC2C(N)CC(N)C(O)C2O)C(N)C1O. The van der Waals surface area contributed by atoms with E-state index in [1.807, 2.05) is 0 Å². The molecule has 0 aromatic carbocycles. The van der Waals surface area contributed by atoms with Gasteiger partial charge in [0.1, 0.15) is 30.5 Å². The third-order valence-corrected chi connectivity index (χ3v) is 4.61. The minimum absolute atomic E-state index is 0.0922. The van der Waals surface area contributed by atoms with E-state index in [1.54, 1.807) is 0 Å². The molecule has 0 amide bonds. The molecule has 136 valence electrons. The summed E-state index contributed by atoms with van der Waals surface area (Å²) >= 11 is 0. The fraction of sp³-hybridized carbons (Fsp3) is 1.00. The summed E-state index contributed by atoms with van der Waals surface area (Å²) in [4.78, 5) is 0. The van der Waals surface area contributed by atoms with Crippen molar-refractivity contribution in [3.05, 3.63) is 0 Å². The summed E-state index contributed by atoms with van der Waals surface area (Å²) in [7, 11) is 1.42. The van der Waals surface area contributed by atoms with E-state index in [9.17, 15) is 15.3 Å². The predicted octanol–water partition coefficient (Wildman–Crippen LogP) is -4.46. The summed E-state index contributed by atoms with van der Waals surface area (Å²) < 4.78 is 16.5. The van der Waals surface area contributed by atoms with Crippen LogP contribution in [0.3, 0.4) is 0 Å². The van der Waals surface area contributed by atoms with E-state index in [0.29, 0.717) is 0 Å². The predicted molar refractivity (Wildman–Crippen MR) is 79.9 cm³/mol. The number of hydrogen-bond acceptors (Lipinski definition) is 10. The Labute approximate surface area is 134 Å². The summed E-state index contributed by atoms with van der Waals surface area (Å²) in [5.74, 6) is 0. The van der Waals surface area contributed by atoms with Gasteiger partial charge in [-0.3, -0.25) is 0 Å². The summed E-state index contributed by atoms with van der Waals surface area (Å²) in [6.07, 6.45) is -6.50. The number of nitrogens with two attached hydrogens (primary N) is 4. The summed E-state index contributed by atoms with van der Waals surface area (Å²) in [6.45, 7) is 0.0922. The van der Waals surface area contributed by atoms with Crippen LogP contribution in [0.2, 0.25) is 0 Å². The monoisotopic (exact) mass is 336 g/mol. The first-order valence-corrected chi connectivity index (χ1v) is 7.66. The maximum atomic E-state index is 10.2. The third-order valence-electron chi connectivity index (χ3n) is 4.61. The molecule has 11 N–H and O–H groups in total. The summed E-state index contributed by atoms with van der Waals surface area (Å²) in [5.41, 5.74) is 23.2. The van der Waals surface area contributed by atoms with Crippen molar-refractivity contribution in [3.8, 4) is 0 Å². The Morgan fingerprint density at radius 2 is 1.65 bits per heavy atom. The van der Waals surface area contributed by atoms with E-state index >= 15 is 0 Å². The first-order chi connectivity index (χ1) is 10.8. The van der Waals surface area contributed by atoms with Crippen LogP contribution in [0.4, 0.5) is 0 Å². The Morgan fingerprint density at radius 1 is 1.00 bits per heavy atom. The number of rotatable bonds is 4. The van der Waals surface area contributed by atoms with Crippen LogP contribution < -0.4 is 22.9 Å². The van der Waals surface area contributed by atoms with Crippen LogP contribution in [0.25, 0.3) is 0 Å². The zero-order valence-corrected chi connectivity index (χ0v) is 13.1. The van der Waals surface area contributed by atoms with E-state index in [4.69, 9.17) is 37.1 Å². The van der Waals surface area contributed by atoms with Gasteiger partial charge in [0.25, 0.3) is 0 Å². The minimum Gasteiger partial charge on any atom is -0.389 e. The van der Waals surface area contributed by atoms with Crippen molar-refractivity contribution in [1.29, 1.82) is 0 Å². The lowest BCUT2D eigenvalue weighted by Gasteiger charge is -2.46. The van der Waals surface area contributed by atoms with Gasteiger partial charge in [-0.15, -0.1) is 0 Å². The average molecular weight is 336 g/mol. The molecule has 23 heavy (non-hydrogen) atoms. The maximum Gasteiger partial charge on any atom is 0.176 e. The molecule has 10 heteroatoms. The van der Waals surface area contributed by atoms with Crippen molar-refractivity contribution in [1.82, 2.24) is 0 Å². The molecule has 0 spiro atoms. The third kappa shape index (κ3) is 3.66. The van der Waals surface area contributed by atoms with Crippen molar-refractivity contribution < 1.29 is 29.5 Å². The first-order valence-electron chi connectivity index (χ1n) is 7.66. The molecule has 1 saturated carbocycles. The maximum absolute atomic E-state index is 10.2. The molecule has 1 saturated heterocycles. The highest BCUT2D eigenvalue weighted by atomic mass is 16.7. The molecule has 2 rings (SSSR count). The molecular weight excluding hydrogens is 308 g/mol. The van der Waals surface area contributed by atoms with Crippen molar-refractivity contribution >= 4 is 0 Å². The second-order valence-corrected chi connectivity index (χ2v) is 6.19. The molecular formula is C13H28N4O6. The van der Waals surface area contributed by atoms with Crippen LogP contribution in [0.1, 0.15) is 6.42 Å². The van der Waals surface area contributed by atoms with Crippen LogP contribution in [-0.4, -0.2) is 90.0 Å². The van der Waals surface area contributed by atoms with Crippen LogP contribution in [-0.2, 0) is 14.2 Å². The molecule has 10 nitrogen and oxygen atoms in total. The normalized spacial score (nSPS) is 51.7. The molecule has 1 aliphatic heterocycles. The highest BCUT2D eigenvalue weighted by Gasteiger charge is 2.48. The van der Waals surface area contributed by atoms with Crippen molar-refractivity contribution in [2.75, 3.05) is 13.7 Å². The number of ether oxygens (including phenoxy) is 3. The van der Waals surface area contributed by atoms with Crippen molar-refractivity contribution in [2.45, 2.75) is 67.5 Å². The highest BCUT2D eigenvalue weighted by Crippen LogP contribution is 2.27. The summed E-state index contributed by atoms with van der Waals surface area (Å²) in [5, 5.41) is 30.3. The van der Waals surface area contributed by atoms with Crippen LogP contribution >= 0.6 is 0 Å². The molecule has 0 bridgehead atoms. The average Bonchev–Trinajstić information content (AvgIpc) is 2.53. The lowest BCUT2D eigenvalue weighted by atomic mass is 9.84. The first kappa shape index (κ1) is 18.9. The molecule has 10 unspecified atom stereocenters. The standard InChI is InChI=1S/C13H28N4O6/c1-21-12-6(3-14)22-13(7(17)9(12)19)23-11-5(16)2-4(15)8(18)10(11)20/h4-13,18-20H,2-3,14-17H2,1H3.